The number of pyridine rings is 1. The maximum absolute atomic E-state index is 13.2. The summed E-state index contributed by atoms with van der Waals surface area (Å²) in [6.07, 6.45) is 5.31. The highest BCUT2D eigenvalue weighted by Crippen LogP contribution is 2.26. The summed E-state index contributed by atoms with van der Waals surface area (Å²) in [7, 11) is 5.55. The lowest BCUT2D eigenvalue weighted by Crippen LogP contribution is -2.41. The van der Waals surface area contributed by atoms with Crippen LogP contribution in [0.2, 0.25) is 0 Å². The Morgan fingerprint density at radius 2 is 1.83 bits per heavy atom. The van der Waals surface area contributed by atoms with Crippen LogP contribution in [-0.4, -0.2) is 36.1 Å². The van der Waals surface area contributed by atoms with Crippen LogP contribution >= 0.6 is 0 Å². The standard InChI is InChI=1S/C21H19B2FN4O/c1-28-12-25-11-18(28)13-2-3-14-10-26-19(9-15(14)8-13)27-20(29)21(22,23)16-4-6-17(24)7-5-16/h2-12H,22-23H2,1H3,(H,26,27,29). The van der Waals surface area contributed by atoms with Crippen molar-refractivity contribution in [1.29, 1.82) is 0 Å². The van der Waals surface area contributed by atoms with Crippen molar-refractivity contribution in [3.8, 4) is 11.3 Å². The molecule has 0 saturated heterocycles. The summed E-state index contributed by atoms with van der Waals surface area (Å²) in [5, 5.41) is 4.00. The van der Waals surface area contributed by atoms with Crippen molar-refractivity contribution in [2.24, 2.45) is 7.05 Å². The zero-order valence-corrected chi connectivity index (χ0v) is 16.5. The fourth-order valence-corrected chi connectivity index (χ4v) is 3.27. The molecular formula is C21H19B2FN4O. The van der Waals surface area contributed by atoms with Gasteiger partial charge in [0, 0.05) is 29.4 Å². The number of anilines is 1. The summed E-state index contributed by atoms with van der Waals surface area (Å²) in [4.78, 5) is 21.4. The molecule has 4 rings (SSSR count). The summed E-state index contributed by atoms with van der Waals surface area (Å²) in [5.41, 5.74) is 2.77. The molecule has 0 bridgehead atoms. The minimum Gasteiger partial charge on any atom is -0.334 e. The number of imidazole rings is 1. The van der Waals surface area contributed by atoms with Crippen LogP contribution in [0.3, 0.4) is 0 Å². The molecule has 142 valence electrons. The predicted molar refractivity (Wildman–Crippen MR) is 118 cm³/mol. The van der Waals surface area contributed by atoms with E-state index in [1.165, 1.54) is 12.1 Å². The second-order valence-corrected chi connectivity index (χ2v) is 7.61. The Hall–Kier alpha value is -3.41. The van der Waals surface area contributed by atoms with Crippen LogP contribution in [0.1, 0.15) is 5.56 Å². The highest BCUT2D eigenvalue weighted by Gasteiger charge is 2.30. The number of carbonyl (C=O) groups is 1. The fourth-order valence-electron chi connectivity index (χ4n) is 3.27. The van der Waals surface area contributed by atoms with Gasteiger partial charge in [-0.1, -0.05) is 24.3 Å². The molecular weight excluding hydrogens is 365 g/mol. The minimum absolute atomic E-state index is 0.209. The molecule has 0 spiro atoms. The number of hydrogen-bond donors (Lipinski definition) is 1. The average molecular weight is 384 g/mol. The number of amides is 1. The first-order valence-electron chi connectivity index (χ1n) is 9.28. The smallest absolute Gasteiger partial charge is 0.220 e. The third kappa shape index (κ3) is 3.66. The molecule has 0 aliphatic carbocycles. The molecule has 2 aromatic carbocycles. The van der Waals surface area contributed by atoms with Crippen LogP contribution in [-0.2, 0) is 17.1 Å². The molecule has 5 nitrogen and oxygen atoms in total. The van der Waals surface area contributed by atoms with Crippen molar-refractivity contribution in [2.45, 2.75) is 5.21 Å². The van der Waals surface area contributed by atoms with Crippen LogP contribution in [0.5, 0.6) is 0 Å². The Morgan fingerprint density at radius 1 is 1.07 bits per heavy atom. The molecule has 0 fully saturated rings. The highest BCUT2D eigenvalue weighted by molar-refractivity contribution is 6.52. The molecule has 4 aromatic rings. The first kappa shape index (κ1) is 18.9. The van der Waals surface area contributed by atoms with E-state index in [0.717, 1.165) is 27.6 Å². The molecule has 8 heteroatoms. The number of nitrogens with one attached hydrogen (secondary N) is 1. The van der Waals surface area contributed by atoms with E-state index in [0.29, 0.717) is 5.82 Å². The van der Waals surface area contributed by atoms with E-state index < -0.39 is 5.21 Å². The second kappa shape index (κ2) is 7.20. The van der Waals surface area contributed by atoms with Gasteiger partial charge in [-0.3, -0.25) is 4.79 Å². The number of hydrogen-bond acceptors (Lipinski definition) is 3. The molecule has 0 saturated carbocycles. The lowest BCUT2D eigenvalue weighted by atomic mass is 9.50. The maximum Gasteiger partial charge on any atom is 0.220 e. The number of aryl methyl sites for hydroxylation is 1. The number of benzene rings is 2. The van der Waals surface area contributed by atoms with Crippen LogP contribution in [0.15, 0.2) is 67.3 Å². The van der Waals surface area contributed by atoms with Gasteiger partial charge < -0.3 is 9.88 Å². The predicted octanol–water partition coefficient (Wildman–Crippen LogP) is 1.83. The van der Waals surface area contributed by atoms with Crippen molar-refractivity contribution in [3.05, 3.63) is 78.6 Å². The Morgan fingerprint density at radius 3 is 2.52 bits per heavy atom. The Bertz CT molecular complexity index is 1210. The highest BCUT2D eigenvalue weighted by atomic mass is 19.1. The first-order valence-corrected chi connectivity index (χ1v) is 9.28. The van der Waals surface area contributed by atoms with Gasteiger partial charge in [-0.25, -0.2) is 14.4 Å². The zero-order valence-electron chi connectivity index (χ0n) is 16.5. The Labute approximate surface area is 169 Å². The molecule has 0 aliphatic rings. The van der Waals surface area contributed by atoms with Gasteiger partial charge in [0.05, 0.1) is 18.2 Å². The topological polar surface area (TPSA) is 59.8 Å². The lowest BCUT2D eigenvalue weighted by Gasteiger charge is -2.24. The second-order valence-electron chi connectivity index (χ2n) is 7.61. The van der Waals surface area contributed by atoms with E-state index in [4.69, 9.17) is 0 Å². The molecule has 29 heavy (non-hydrogen) atoms. The van der Waals surface area contributed by atoms with E-state index in [1.54, 1.807) is 40.3 Å². The summed E-state index contributed by atoms with van der Waals surface area (Å²) in [6, 6.07) is 13.9. The molecule has 0 radical (unpaired) electrons. The van der Waals surface area contributed by atoms with Crippen molar-refractivity contribution < 1.29 is 9.18 Å². The fraction of sp³-hybridized carbons (Fsp3) is 0.0952. The van der Waals surface area contributed by atoms with Gasteiger partial charge >= 0.3 is 0 Å². The third-order valence-electron chi connectivity index (χ3n) is 5.21. The number of rotatable bonds is 4. The van der Waals surface area contributed by atoms with Crippen LogP contribution < -0.4 is 5.32 Å². The molecule has 0 atom stereocenters. The van der Waals surface area contributed by atoms with Gasteiger partial charge in [-0.15, -0.1) is 0 Å². The van der Waals surface area contributed by atoms with Gasteiger partial charge in [-0.2, -0.15) is 0 Å². The van der Waals surface area contributed by atoms with Gasteiger partial charge in [0.15, 0.2) is 0 Å². The van der Waals surface area contributed by atoms with E-state index >= 15 is 0 Å². The molecule has 2 aromatic heterocycles. The van der Waals surface area contributed by atoms with Crippen molar-refractivity contribution in [2.75, 3.05) is 5.32 Å². The lowest BCUT2D eigenvalue weighted by molar-refractivity contribution is -0.117. The number of halogens is 1. The van der Waals surface area contributed by atoms with Gasteiger partial charge in [0.2, 0.25) is 5.91 Å². The summed E-state index contributed by atoms with van der Waals surface area (Å²) in [6.45, 7) is 0. The van der Waals surface area contributed by atoms with Gasteiger partial charge in [0.1, 0.15) is 27.3 Å². The van der Waals surface area contributed by atoms with Crippen molar-refractivity contribution in [1.82, 2.24) is 14.5 Å². The normalized spacial score (nSPS) is 11.5. The molecule has 1 amide bonds. The van der Waals surface area contributed by atoms with Crippen molar-refractivity contribution >= 4 is 38.2 Å². The molecule has 0 unspecified atom stereocenters. The first-order chi connectivity index (χ1) is 13.8. The zero-order chi connectivity index (χ0) is 20.6. The van der Waals surface area contributed by atoms with Crippen molar-refractivity contribution in [3.63, 3.8) is 0 Å². The van der Waals surface area contributed by atoms with E-state index in [1.807, 2.05) is 36.0 Å². The minimum atomic E-state index is -0.832. The number of fused-ring (bicyclic) bond motifs is 1. The van der Waals surface area contributed by atoms with Gasteiger partial charge in [0.25, 0.3) is 0 Å². The van der Waals surface area contributed by atoms with Crippen LogP contribution in [0.4, 0.5) is 10.2 Å². The Balaban J connectivity index is 1.63. The summed E-state index contributed by atoms with van der Waals surface area (Å²) < 4.78 is 15.2. The summed E-state index contributed by atoms with van der Waals surface area (Å²) in [5.74, 6) is -0.0658. The molecule has 0 aliphatic heterocycles. The van der Waals surface area contributed by atoms with E-state index in [-0.39, 0.29) is 11.7 Å². The Kier molecular flexibility index (Phi) is 4.70. The molecule has 1 N–H and O–H groups in total. The van der Waals surface area contributed by atoms with E-state index in [9.17, 15) is 9.18 Å². The average Bonchev–Trinajstić information content (AvgIpc) is 3.13. The monoisotopic (exact) mass is 384 g/mol. The SMILES string of the molecule is BC(B)(C(=O)Nc1cc2cc(-c3cncn3C)ccc2cn1)c1ccc(F)cc1. The van der Waals surface area contributed by atoms with Gasteiger partial charge in [-0.05, 0) is 35.2 Å². The molecule has 2 heterocycles. The van der Waals surface area contributed by atoms with E-state index in [2.05, 4.69) is 21.4 Å². The van der Waals surface area contributed by atoms with Crippen LogP contribution in [0, 0.1) is 5.82 Å². The number of aromatic nitrogens is 3. The largest absolute Gasteiger partial charge is 0.334 e. The number of carbonyl (C=O) groups excluding carboxylic acids is 1. The maximum atomic E-state index is 13.2. The third-order valence-corrected chi connectivity index (χ3v) is 5.21. The quantitative estimate of drug-likeness (QED) is 0.547. The summed E-state index contributed by atoms with van der Waals surface area (Å²) >= 11 is 0. The number of nitrogens with zero attached hydrogens (tertiary/aromatic N) is 3. The van der Waals surface area contributed by atoms with Crippen LogP contribution in [0.25, 0.3) is 22.0 Å².